The minimum absolute atomic E-state index is 0.608. The summed E-state index contributed by atoms with van der Waals surface area (Å²) < 4.78 is 44.5. The zero-order valence-electron chi connectivity index (χ0n) is 11.1. The van der Waals surface area contributed by atoms with E-state index in [-0.39, 0.29) is 0 Å². The Morgan fingerprint density at radius 1 is 1.10 bits per heavy atom. The monoisotopic (exact) mass is 292 g/mol. The number of imidazole rings is 1. The molecule has 0 spiro atoms. The van der Waals surface area contributed by atoms with Crippen molar-refractivity contribution in [1.29, 1.82) is 0 Å². The molecule has 0 aliphatic heterocycles. The van der Waals surface area contributed by atoms with Gasteiger partial charge in [-0.1, -0.05) is 12.1 Å². The molecule has 3 rings (SSSR count). The number of hydrogen-bond donors (Lipinski definition) is 0. The topological polar surface area (TPSA) is 26.5 Å². The predicted molar refractivity (Wildman–Crippen MR) is 72.2 cm³/mol. The molecule has 0 atom stereocenters. The second-order valence-electron chi connectivity index (χ2n) is 4.53. The number of aromatic nitrogens is 2. The number of alkyl halides is 3. The molecule has 21 heavy (non-hydrogen) atoms. The number of methoxy groups -OCH3 is 1. The summed E-state index contributed by atoms with van der Waals surface area (Å²) in [4.78, 5) is 4.39. The van der Waals surface area contributed by atoms with Crippen LogP contribution in [0.15, 0.2) is 48.8 Å². The smallest absolute Gasteiger partial charge is 0.416 e. The fourth-order valence-electron chi connectivity index (χ4n) is 2.06. The van der Waals surface area contributed by atoms with Gasteiger partial charge >= 0.3 is 6.18 Å². The first-order chi connectivity index (χ1) is 9.97. The summed E-state index contributed by atoms with van der Waals surface area (Å²) in [6, 6.07) is 8.49. The van der Waals surface area contributed by atoms with E-state index in [0.29, 0.717) is 22.7 Å². The van der Waals surface area contributed by atoms with Gasteiger partial charge in [-0.25, -0.2) is 4.98 Å². The van der Waals surface area contributed by atoms with Crippen molar-refractivity contribution in [2.75, 3.05) is 7.11 Å². The number of halogens is 3. The molecule has 0 radical (unpaired) electrons. The lowest BCUT2D eigenvalue weighted by molar-refractivity contribution is -0.137. The van der Waals surface area contributed by atoms with Crippen LogP contribution in [-0.4, -0.2) is 16.5 Å². The number of benzene rings is 1. The zero-order chi connectivity index (χ0) is 15.0. The Labute approximate surface area is 118 Å². The Morgan fingerprint density at radius 3 is 2.43 bits per heavy atom. The summed E-state index contributed by atoms with van der Waals surface area (Å²) in [7, 11) is 1.56. The molecule has 2 heterocycles. The number of hydrogen-bond acceptors (Lipinski definition) is 2. The molecule has 0 fully saturated rings. The molecule has 6 heteroatoms. The van der Waals surface area contributed by atoms with Crippen molar-refractivity contribution in [3.63, 3.8) is 0 Å². The van der Waals surface area contributed by atoms with Gasteiger partial charge < -0.3 is 9.14 Å². The molecule has 0 unspecified atom stereocenters. The zero-order valence-corrected chi connectivity index (χ0v) is 11.1. The van der Waals surface area contributed by atoms with Gasteiger partial charge in [-0.15, -0.1) is 0 Å². The maximum atomic E-state index is 12.5. The molecule has 0 N–H and O–H groups in total. The largest absolute Gasteiger partial charge is 0.497 e. The lowest BCUT2D eigenvalue weighted by atomic mass is 10.1. The molecule has 0 aliphatic carbocycles. The van der Waals surface area contributed by atoms with Gasteiger partial charge in [-0.3, -0.25) is 0 Å². The summed E-state index contributed by atoms with van der Waals surface area (Å²) in [5, 5.41) is 0. The van der Waals surface area contributed by atoms with Gasteiger partial charge in [-0.2, -0.15) is 13.2 Å². The third-order valence-electron chi connectivity index (χ3n) is 3.18. The van der Waals surface area contributed by atoms with Gasteiger partial charge in [0.2, 0.25) is 0 Å². The molecule has 3 aromatic rings. The lowest BCUT2D eigenvalue weighted by Crippen LogP contribution is -2.03. The predicted octanol–water partition coefficient (Wildman–Crippen LogP) is 4.03. The van der Waals surface area contributed by atoms with Crippen LogP contribution >= 0.6 is 0 Å². The van der Waals surface area contributed by atoms with Crippen LogP contribution in [0.2, 0.25) is 0 Å². The highest BCUT2D eigenvalue weighted by molar-refractivity contribution is 5.63. The van der Waals surface area contributed by atoms with Crippen molar-refractivity contribution in [2.45, 2.75) is 6.18 Å². The van der Waals surface area contributed by atoms with E-state index in [9.17, 15) is 13.2 Å². The third kappa shape index (κ3) is 2.56. The van der Waals surface area contributed by atoms with Crippen LogP contribution in [-0.2, 0) is 6.18 Å². The first-order valence-corrected chi connectivity index (χ1v) is 6.18. The summed E-state index contributed by atoms with van der Waals surface area (Å²) in [6.45, 7) is 0. The van der Waals surface area contributed by atoms with E-state index in [0.717, 1.165) is 12.1 Å². The number of nitrogens with zero attached hydrogens (tertiary/aromatic N) is 2. The Morgan fingerprint density at radius 2 is 1.81 bits per heavy atom. The van der Waals surface area contributed by atoms with Crippen LogP contribution < -0.4 is 4.74 Å². The quantitative estimate of drug-likeness (QED) is 0.713. The maximum Gasteiger partial charge on any atom is 0.416 e. The van der Waals surface area contributed by atoms with Crippen molar-refractivity contribution in [3.8, 4) is 17.0 Å². The molecular formula is C15H11F3N2O. The van der Waals surface area contributed by atoms with Crippen LogP contribution in [0.5, 0.6) is 5.75 Å². The van der Waals surface area contributed by atoms with Crippen LogP contribution in [0.4, 0.5) is 13.2 Å². The average Bonchev–Trinajstić information content (AvgIpc) is 2.89. The van der Waals surface area contributed by atoms with Gasteiger partial charge in [0.15, 0.2) is 0 Å². The van der Waals surface area contributed by atoms with Crippen LogP contribution in [0.1, 0.15) is 5.56 Å². The molecule has 0 amide bonds. The molecule has 0 saturated carbocycles. The summed E-state index contributed by atoms with van der Waals surface area (Å²) in [5.74, 6) is 0.673. The van der Waals surface area contributed by atoms with Crippen molar-refractivity contribution in [3.05, 3.63) is 54.4 Å². The third-order valence-corrected chi connectivity index (χ3v) is 3.18. The highest BCUT2D eigenvalue weighted by atomic mass is 19.4. The summed E-state index contributed by atoms with van der Waals surface area (Å²) in [6.07, 6.45) is -0.781. The van der Waals surface area contributed by atoms with Gasteiger partial charge in [0.25, 0.3) is 0 Å². The summed E-state index contributed by atoms with van der Waals surface area (Å²) in [5.41, 5.74) is 1.24. The van der Waals surface area contributed by atoms with Gasteiger partial charge in [0.1, 0.15) is 11.4 Å². The minimum Gasteiger partial charge on any atom is -0.497 e. The van der Waals surface area contributed by atoms with E-state index in [4.69, 9.17) is 4.74 Å². The van der Waals surface area contributed by atoms with Crippen molar-refractivity contribution < 1.29 is 17.9 Å². The van der Waals surface area contributed by atoms with Crippen LogP contribution in [0, 0.1) is 0 Å². The first-order valence-electron chi connectivity index (χ1n) is 6.18. The molecule has 0 saturated heterocycles. The SMILES string of the molecule is COc1ccn2cc(-c3ccc(C(F)(F)F)cc3)nc2c1. The second kappa shape index (κ2) is 4.80. The fraction of sp³-hybridized carbons (Fsp3) is 0.133. The van der Waals surface area contributed by atoms with E-state index < -0.39 is 11.7 Å². The van der Waals surface area contributed by atoms with Crippen molar-refractivity contribution >= 4 is 5.65 Å². The van der Waals surface area contributed by atoms with Crippen molar-refractivity contribution in [2.24, 2.45) is 0 Å². The maximum absolute atomic E-state index is 12.5. The summed E-state index contributed by atoms with van der Waals surface area (Å²) >= 11 is 0. The van der Waals surface area contributed by atoms with Gasteiger partial charge in [-0.05, 0) is 18.2 Å². The van der Waals surface area contributed by atoms with E-state index >= 15 is 0 Å². The Balaban J connectivity index is 2.00. The molecule has 0 aliphatic rings. The standard InChI is InChI=1S/C15H11F3N2O/c1-21-12-6-7-20-9-13(19-14(20)8-12)10-2-4-11(5-3-10)15(16,17)18/h2-9H,1H3. The number of pyridine rings is 1. The number of fused-ring (bicyclic) bond motifs is 1. The number of rotatable bonds is 2. The average molecular weight is 292 g/mol. The Bertz CT molecular complexity index is 776. The Kier molecular flexibility index (Phi) is 3.08. The highest BCUT2D eigenvalue weighted by Gasteiger charge is 2.30. The molecular weight excluding hydrogens is 281 g/mol. The molecule has 108 valence electrons. The van der Waals surface area contributed by atoms with E-state index in [1.54, 1.807) is 36.0 Å². The van der Waals surface area contributed by atoms with Crippen molar-refractivity contribution in [1.82, 2.24) is 9.38 Å². The second-order valence-corrected chi connectivity index (χ2v) is 4.53. The van der Waals surface area contributed by atoms with Gasteiger partial charge in [0.05, 0.1) is 18.4 Å². The lowest BCUT2D eigenvalue weighted by Gasteiger charge is -2.06. The highest BCUT2D eigenvalue weighted by Crippen LogP contribution is 2.31. The fourth-order valence-corrected chi connectivity index (χ4v) is 2.06. The normalized spacial score (nSPS) is 11.8. The molecule has 0 bridgehead atoms. The molecule has 3 nitrogen and oxygen atoms in total. The van der Waals surface area contributed by atoms with Crippen LogP contribution in [0.3, 0.4) is 0 Å². The molecule has 1 aromatic carbocycles. The number of ether oxygens (including phenoxy) is 1. The molecule has 2 aromatic heterocycles. The van der Waals surface area contributed by atoms with Gasteiger partial charge in [0, 0.05) is 24.0 Å². The van der Waals surface area contributed by atoms with Crippen LogP contribution in [0.25, 0.3) is 16.9 Å². The first kappa shape index (κ1) is 13.5. The van der Waals surface area contributed by atoms with E-state index in [2.05, 4.69) is 4.98 Å². The van der Waals surface area contributed by atoms with E-state index in [1.165, 1.54) is 12.1 Å². The minimum atomic E-state index is -4.33. The van der Waals surface area contributed by atoms with E-state index in [1.807, 2.05) is 0 Å². The Hall–Kier alpha value is -2.50.